The summed E-state index contributed by atoms with van der Waals surface area (Å²) in [6, 6.07) is 26.6. The highest BCUT2D eigenvalue weighted by atomic mass is 19.4. The first-order valence-electron chi connectivity index (χ1n) is 27.9. The molecule has 2 atom stereocenters. The molecule has 8 heteroatoms. The molecule has 2 unspecified atom stereocenters. The molecule has 4 bridgehead atoms. The van der Waals surface area contributed by atoms with Gasteiger partial charge in [-0.25, -0.2) is 0 Å². The molecule has 70 heavy (non-hydrogen) atoms. The van der Waals surface area contributed by atoms with Crippen LogP contribution in [0.25, 0.3) is 11.1 Å². The standard InChI is InChI=1S/C62H80F6N2/c1-46-12-24-54-55-25-23-53(45-57(55)59(56(54)44-46)33-7-3-8-34-59)60(62(66,67)68,35-9-5-11-37-70-41-29-50(30-42-70)31-43-70)52-21-17-48(18-22-52)14-13-47-15-19-51(20-16-47)58(2,61(63,64)65)32-6-4-10-36-69-38-26-49(27-39-69)28-40-69/h12,15-25,44-45,49-50H,3-11,13-14,26-43H2,1-2H3/q+2. The summed E-state index contributed by atoms with van der Waals surface area (Å²) < 4.78 is 96.5. The van der Waals surface area contributed by atoms with E-state index in [1.165, 1.54) is 106 Å². The molecule has 8 aliphatic rings. The topological polar surface area (TPSA) is 0 Å². The molecule has 6 saturated heterocycles. The summed E-state index contributed by atoms with van der Waals surface area (Å²) in [6.07, 6.45) is 9.93. The third kappa shape index (κ3) is 9.46. The smallest absolute Gasteiger partial charge is 0.324 e. The molecule has 4 aromatic rings. The number of quaternary nitrogens is 2. The maximum absolute atomic E-state index is 16.6. The van der Waals surface area contributed by atoms with Gasteiger partial charge in [-0.3, -0.25) is 0 Å². The lowest BCUT2D eigenvalue weighted by Gasteiger charge is -2.49. The Morgan fingerprint density at radius 2 is 0.943 bits per heavy atom. The number of aryl methyl sites for hydroxylation is 3. The van der Waals surface area contributed by atoms with E-state index in [0.29, 0.717) is 42.4 Å². The van der Waals surface area contributed by atoms with Gasteiger partial charge in [0.15, 0.2) is 0 Å². The summed E-state index contributed by atoms with van der Waals surface area (Å²) in [5.74, 6) is 1.77. The van der Waals surface area contributed by atoms with E-state index in [1.807, 2.05) is 36.4 Å². The van der Waals surface area contributed by atoms with E-state index in [4.69, 9.17) is 0 Å². The lowest BCUT2D eigenvalue weighted by molar-refractivity contribution is -0.942. The second kappa shape index (κ2) is 19.7. The minimum atomic E-state index is -4.54. The molecule has 2 nitrogen and oxygen atoms in total. The Bertz CT molecular complexity index is 2380. The molecule has 4 aromatic carbocycles. The van der Waals surface area contributed by atoms with E-state index in [2.05, 4.69) is 25.1 Å². The van der Waals surface area contributed by atoms with Gasteiger partial charge in [0.25, 0.3) is 0 Å². The summed E-state index contributed by atoms with van der Waals surface area (Å²) in [4.78, 5) is 0. The number of unbranched alkanes of at least 4 members (excludes halogenated alkanes) is 4. The van der Waals surface area contributed by atoms with E-state index >= 15 is 13.2 Å². The van der Waals surface area contributed by atoms with Crippen LogP contribution in [-0.2, 0) is 29.1 Å². The van der Waals surface area contributed by atoms with Crippen LogP contribution < -0.4 is 0 Å². The monoisotopic (exact) mass is 967 g/mol. The Morgan fingerprint density at radius 3 is 1.44 bits per heavy atom. The molecule has 1 spiro atoms. The SMILES string of the molecule is Cc1ccc2c(c1)C1(CCCCC1)c1cc(C(CCCCC[N+]34CCC(CC3)CC4)(c3ccc(CCc4ccc(C(C)(CCCCC[N+]56CCC(CC5)CC6)C(F)(F)F)cc4)cc3)C(F)(F)F)ccc1-2. The molecule has 378 valence electrons. The molecule has 2 aliphatic carbocycles. The van der Waals surface area contributed by atoms with Crippen molar-refractivity contribution in [2.24, 2.45) is 11.8 Å². The van der Waals surface area contributed by atoms with Crippen LogP contribution >= 0.6 is 0 Å². The maximum atomic E-state index is 16.6. The molecule has 0 aromatic heterocycles. The summed E-state index contributed by atoms with van der Waals surface area (Å²) in [5.41, 5.74) is 4.26. The van der Waals surface area contributed by atoms with Gasteiger partial charge in [0, 0.05) is 5.41 Å². The van der Waals surface area contributed by atoms with E-state index in [1.54, 1.807) is 30.3 Å². The lowest BCUT2D eigenvalue weighted by atomic mass is 9.65. The van der Waals surface area contributed by atoms with E-state index in [-0.39, 0.29) is 18.3 Å². The zero-order valence-corrected chi connectivity index (χ0v) is 42.4. The molecule has 1 saturated carbocycles. The normalized spacial score (nSPS) is 26.5. The van der Waals surface area contributed by atoms with Crippen LogP contribution in [-0.4, -0.2) is 73.7 Å². The van der Waals surface area contributed by atoms with Crippen molar-refractivity contribution in [3.05, 3.63) is 129 Å². The van der Waals surface area contributed by atoms with Crippen molar-refractivity contribution >= 4 is 0 Å². The zero-order chi connectivity index (χ0) is 48.8. The van der Waals surface area contributed by atoms with Gasteiger partial charge in [-0.05, 0) is 178 Å². The molecule has 7 fully saturated rings. The number of piperidine rings is 6. The minimum Gasteiger partial charge on any atom is -0.324 e. The van der Waals surface area contributed by atoms with Gasteiger partial charge in [-0.1, -0.05) is 123 Å². The maximum Gasteiger partial charge on any atom is 0.402 e. The quantitative estimate of drug-likeness (QED) is 0.0530. The lowest BCUT2D eigenvalue weighted by Crippen LogP contribution is -2.58. The average Bonchev–Trinajstić information content (AvgIpc) is 3.61. The minimum absolute atomic E-state index is 0.000689. The summed E-state index contributed by atoms with van der Waals surface area (Å²) >= 11 is 0. The van der Waals surface area contributed by atoms with E-state index < -0.39 is 23.2 Å². The van der Waals surface area contributed by atoms with Crippen LogP contribution in [0.5, 0.6) is 0 Å². The summed E-state index contributed by atoms with van der Waals surface area (Å²) in [7, 11) is 0. The van der Waals surface area contributed by atoms with Crippen LogP contribution in [0.2, 0.25) is 0 Å². The zero-order valence-electron chi connectivity index (χ0n) is 42.4. The van der Waals surface area contributed by atoms with Gasteiger partial charge in [-0.15, -0.1) is 0 Å². The first-order chi connectivity index (χ1) is 33.6. The average molecular weight is 967 g/mol. The largest absolute Gasteiger partial charge is 0.402 e. The number of nitrogens with zero attached hydrogens (tertiary/aromatic N) is 2. The van der Waals surface area contributed by atoms with Gasteiger partial charge >= 0.3 is 12.4 Å². The Kier molecular flexibility index (Phi) is 14.0. The number of rotatable bonds is 18. The first-order valence-corrected chi connectivity index (χ1v) is 27.9. The number of hydrogen-bond donors (Lipinski definition) is 0. The molecule has 6 aliphatic heterocycles. The fourth-order valence-electron chi connectivity index (χ4n) is 15.3. The van der Waals surface area contributed by atoms with Crippen LogP contribution in [0.3, 0.4) is 0 Å². The molecular weight excluding hydrogens is 887 g/mol. The predicted octanol–water partition coefficient (Wildman–Crippen LogP) is 16.1. The van der Waals surface area contributed by atoms with Crippen molar-refractivity contribution in [1.29, 1.82) is 0 Å². The van der Waals surface area contributed by atoms with Crippen molar-refractivity contribution in [1.82, 2.24) is 0 Å². The Morgan fingerprint density at radius 1 is 0.486 bits per heavy atom. The molecule has 0 N–H and O–H groups in total. The van der Waals surface area contributed by atoms with Crippen LogP contribution in [0.4, 0.5) is 26.3 Å². The van der Waals surface area contributed by atoms with Crippen LogP contribution in [0, 0.1) is 18.8 Å². The van der Waals surface area contributed by atoms with E-state index in [0.717, 1.165) is 109 Å². The fraction of sp³-hybridized carbons (Fsp3) is 0.613. The van der Waals surface area contributed by atoms with Gasteiger partial charge in [0.2, 0.25) is 0 Å². The van der Waals surface area contributed by atoms with Crippen molar-refractivity contribution in [3.63, 3.8) is 0 Å². The van der Waals surface area contributed by atoms with Crippen LogP contribution in [0.1, 0.15) is 173 Å². The second-order valence-corrected chi connectivity index (χ2v) is 24.1. The second-order valence-electron chi connectivity index (χ2n) is 24.1. The Hall–Kier alpha value is -3.62. The molecule has 0 radical (unpaired) electrons. The number of fused-ring (bicyclic) bond motifs is 11. The van der Waals surface area contributed by atoms with Crippen LogP contribution in [0.15, 0.2) is 84.9 Å². The van der Waals surface area contributed by atoms with Gasteiger partial charge in [0.05, 0.1) is 57.8 Å². The summed E-state index contributed by atoms with van der Waals surface area (Å²) in [6.45, 7) is 13.1. The van der Waals surface area contributed by atoms with Crippen molar-refractivity contribution in [3.8, 4) is 11.1 Å². The third-order valence-corrected chi connectivity index (χ3v) is 20.1. The van der Waals surface area contributed by atoms with Gasteiger partial charge in [-0.2, -0.15) is 26.3 Å². The number of benzene rings is 4. The number of halogens is 6. The predicted molar refractivity (Wildman–Crippen MR) is 272 cm³/mol. The summed E-state index contributed by atoms with van der Waals surface area (Å²) in [5, 5.41) is 0. The van der Waals surface area contributed by atoms with E-state index in [9.17, 15) is 13.2 Å². The van der Waals surface area contributed by atoms with Crippen molar-refractivity contribution in [2.75, 3.05) is 52.4 Å². The number of alkyl halides is 6. The third-order valence-electron chi connectivity index (χ3n) is 20.1. The molecule has 12 rings (SSSR count). The highest BCUT2D eigenvalue weighted by Crippen LogP contribution is 2.58. The highest BCUT2D eigenvalue weighted by Gasteiger charge is 2.58. The molecular formula is C62H80F6N2+2. The van der Waals surface area contributed by atoms with Gasteiger partial charge in [0.1, 0.15) is 5.41 Å². The first kappa shape index (κ1) is 49.9. The van der Waals surface area contributed by atoms with Gasteiger partial charge < -0.3 is 8.97 Å². The Labute approximate surface area is 415 Å². The van der Waals surface area contributed by atoms with Crippen molar-refractivity contribution < 1.29 is 35.3 Å². The fourth-order valence-corrected chi connectivity index (χ4v) is 15.3. The molecule has 0 amide bonds. The Balaban J connectivity index is 0.860. The highest BCUT2D eigenvalue weighted by molar-refractivity contribution is 5.82. The number of hydrogen-bond acceptors (Lipinski definition) is 0. The molecule has 6 heterocycles. The van der Waals surface area contributed by atoms with Crippen molar-refractivity contribution in [2.45, 2.75) is 177 Å².